The first kappa shape index (κ1) is 42.3. The summed E-state index contributed by atoms with van der Waals surface area (Å²) in [6.07, 6.45) is 0. The van der Waals surface area contributed by atoms with Crippen LogP contribution in [0.2, 0.25) is 0 Å². The molecule has 11 aromatic carbocycles. The molecule has 4 heteroatoms. The first-order valence-electron chi connectivity index (χ1n) is 25.8. The highest BCUT2D eigenvalue weighted by molar-refractivity contribution is 6.38. The molecule has 0 spiro atoms. The van der Waals surface area contributed by atoms with Crippen molar-refractivity contribution in [3.63, 3.8) is 0 Å². The van der Waals surface area contributed by atoms with Gasteiger partial charge < -0.3 is 18.6 Å². The second kappa shape index (κ2) is 16.1. The fourth-order valence-corrected chi connectivity index (χ4v) is 12.7. The Balaban J connectivity index is 1.08. The van der Waals surface area contributed by atoms with Crippen molar-refractivity contribution in [3.05, 3.63) is 253 Å². The van der Waals surface area contributed by atoms with E-state index >= 15 is 0 Å². The standard InChI is InChI=1S/C70H50N4/c1-43-31-33-45(3)61(39-43)71(49-23-13-7-14-24-49)51-35-37-59-57(41-51)53-27-17-29-55-65-64(48-21-11-6-12-22-48)70-66(63(47-19-9-5-10-20-47)69(65)73(59)67(53)55)56-30-18-28-54-58-42-52(36-38-60(58)74(70)68(54)56)72(50-25-15-8-16-26-50)62-40-44(2)32-34-46(62)4/h5-42H,1-4H3. The maximum absolute atomic E-state index is 2.61. The minimum Gasteiger partial charge on any atom is -0.310 e. The maximum atomic E-state index is 2.61. The van der Waals surface area contributed by atoms with Gasteiger partial charge in [0.05, 0.1) is 33.1 Å². The fourth-order valence-electron chi connectivity index (χ4n) is 12.7. The van der Waals surface area contributed by atoms with Crippen LogP contribution in [0.25, 0.3) is 98.4 Å². The molecule has 350 valence electrons. The minimum absolute atomic E-state index is 1.13. The summed E-state index contributed by atoms with van der Waals surface area (Å²) in [7, 11) is 0. The van der Waals surface area contributed by atoms with Gasteiger partial charge in [-0.2, -0.15) is 0 Å². The molecule has 15 aromatic rings. The molecule has 74 heavy (non-hydrogen) atoms. The van der Waals surface area contributed by atoms with Crippen molar-refractivity contribution in [1.29, 1.82) is 0 Å². The number of para-hydroxylation sites is 4. The molecular weight excluding hydrogens is 897 g/mol. The highest BCUT2D eigenvalue weighted by Gasteiger charge is 2.31. The van der Waals surface area contributed by atoms with E-state index in [9.17, 15) is 0 Å². The zero-order valence-electron chi connectivity index (χ0n) is 41.7. The molecule has 0 aliphatic carbocycles. The van der Waals surface area contributed by atoms with Crippen molar-refractivity contribution in [2.24, 2.45) is 0 Å². The van der Waals surface area contributed by atoms with Gasteiger partial charge >= 0.3 is 0 Å². The van der Waals surface area contributed by atoms with Gasteiger partial charge in [0.2, 0.25) is 0 Å². The summed E-state index contributed by atoms with van der Waals surface area (Å²) in [6, 6.07) is 85.7. The van der Waals surface area contributed by atoms with Gasteiger partial charge in [0.15, 0.2) is 0 Å². The summed E-state index contributed by atoms with van der Waals surface area (Å²) < 4.78 is 5.23. The van der Waals surface area contributed by atoms with Gasteiger partial charge in [-0.05, 0) is 134 Å². The maximum Gasteiger partial charge on any atom is 0.0634 e. The zero-order valence-corrected chi connectivity index (χ0v) is 41.7. The summed E-state index contributed by atoms with van der Waals surface area (Å²) in [6.45, 7) is 8.80. The van der Waals surface area contributed by atoms with Gasteiger partial charge in [-0.3, -0.25) is 0 Å². The molecule has 0 N–H and O–H groups in total. The molecule has 0 amide bonds. The van der Waals surface area contributed by atoms with Crippen LogP contribution in [0.15, 0.2) is 231 Å². The second-order valence-corrected chi connectivity index (χ2v) is 20.3. The van der Waals surface area contributed by atoms with E-state index in [0.717, 1.165) is 22.7 Å². The van der Waals surface area contributed by atoms with E-state index in [1.165, 1.54) is 132 Å². The molecule has 15 rings (SSSR count). The Morgan fingerprint density at radius 1 is 0.284 bits per heavy atom. The number of fused-ring (bicyclic) bond motifs is 12. The Morgan fingerprint density at radius 2 is 0.662 bits per heavy atom. The Hall–Kier alpha value is -9.38. The Morgan fingerprint density at radius 3 is 1.07 bits per heavy atom. The van der Waals surface area contributed by atoms with Gasteiger partial charge in [0.1, 0.15) is 0 Å². The minimum atomic E-state index is 1.13. The quantitative estimate of drug-likeness (QED) is 0.151. The molecule has 0 radical (unpaired) electrons. The average molecular weight is 947 g/mol. The van der Waals surface area contributed by atoms with E-state index in [1.54, 1.807) is 0 Å². The molecule has 4 nitrogen and oxygen atoms in total. The summed E-state index contributed by atoms with van der Waals surface area (Å²) in [4.78, 5) is 4.85. The first-order chi connectivity index (χ1) is 36.4. The first-order valence-corrected chi connectivity index (χ1v) is 25.8. The Labute approximate surface area is 429 Å². The van der Waals surface area contributed by atoms with Crippen molar-refractivity contribution < 1.29 is 0 Å². The number of rotatable bonds is 8. The zero-order chi connectivity index (χ0) is 49.3. The van der Waals surface area contributed by atoms with Gasteiger partial charge in [-0.25, -0.2) is 0 Å². The molecule has 0 fully saturated rings. The van der Waals surface area contributed by atoms with Crippen LogP contribution in [-0.4, -0.2) is 8.80 Å². The van der Waals surface area contributed by atoms with E-state index in [-0.39, 0.29) is 0 Å². The van der Waals surface area contributed by atoms with E-state index in [2.05, 4.69) is 277 Å². The fraction of sp³-hybridized carbons (Fsp3) is 0.0571. The van der Waals surface area contributed by atoms with Crippen LogP contribution >= 0.6 is 0 Å². The summed E-state index contributed by atoms with van der Waals surface area (Å²) in [5, 5.41) is 10.0. The lowest BCUT2D eigenvalue weighted by Crippen LogP contribution is -2.11. The molecular formula is C70H50N4. The molecule has 0 atom stereocenters. The molecule has 0 bridgehead atoms. The lowest BCUT2D eigenvalue weighted by molar-refractivity contribution is 1.24. The molecule has 0 unspecified atom stereocenters. The number of hydrogen-bond donors (Lipinski definition) is 0. The molecule has 0 aliphatic rings. The van der Waals surface area contributed by atoms with Gasteiger partial charge in [-0.15, -0.1) is 0 Å². The number of anilines is 6. The summed E-state index contributed by atoms with van der Waals surface area (Å²) in [5.74, 6) is 0. The number of nitrogens with zero attached hydrogens (tertiary/aromatic N) is 4. The van der Waals surface area contributed by atoms with Gasteiger partial charge in [-0.1, -0.05) is 158 Å². The summed E-state index contributed by atoms with van der Waals surface area (Å²) >= 11 is 0. The molecule has 0 aliphatic heterocycles. The van der Waals surface area contributed by atoms with Crippen LogP contribution in [0.1, 0.15) is 22.3 Å². The van der Waals surface area contributed by atoms with E-state index < -0.39 is 0 Å². The third kappa shape index (κ3) is 6.03. The van der Waals surface area contributed by atoms with E-state index in [4.69, 9.17) is 0 Å². The predicted octanol–water partition coefficient (Wildman–Crippen LogP) is 19.5. The van der Waals surface area contributed by atoms with Crippen molar-refractivity contribution >= 4 is 110 Å². The van der Waals surface area contributed by atoms with Gasteiger partial charge in [0.25, 0.3) is 0 Å². The number of hydrogen-bond acceptors (Lipinski definition) is 2. The smallest absolute Gasteiger partial charge is 0.0634 e. The van der Waals surface area contributed by atoms with Crippen molar-refractivity contribution in [1.82, 2.24) is 8.80 Å². The number of aryl methyl sites for hydroxylation is 4. The van der Waals surface area contributed by atoms with E-state index in [1.807, 2.05) is 0 Å². The normalized spacial score (nSPS) is 12.1. The van der Waals surface area contributed by atoms with Crippen LogP contribution in [0.4, 0.5) is 34.1 Å². The van der Waals surface area contributed by atoms with Crippen molar-refractivity contribution in [2.45, 2.75) is 27.7 Å². The highest BCUT2D eigenvalue weighted by Crippen LogP contribution is 2.55. The summed E-state index contributed by atoms with van der Waals surface area (Å²) in [5.41, 5.74) is 24.1. The number of aromatic nitrogens is 2. The monoisotopic (exact) mass is 946 g/mol. The van der Waals surface area contributed by atoms with Crippen LogP contribution in [0.3, 0.4) is 0 Å². The molecule has 4 heterocycles. The second-order valence-electron chi connectivity index (χ2n) is 20.3. The van der Waals surface area contributed by atoms with Crippen molar-refractivity contribution in [2.75, 3.05) is 9.80 Å². The Kier molecular flexibility index (Phi) is 9.19. The lowest BCUT2D eigenvalue weighted by atomic mass is 9.89. The third-order valence-corrected chi connectivity index (χ3v) is 15.9. The highest BCUT2D eigenvalue weighted by atomic mass is 15.2. The topological polar surface area (TPSA) is 15.3 Å². The molecule has 0 saturated carbocycles. The van der Waals surface area contributed by atoms with Crippen LogP contribution < -0.4 is 9.80 Å². The van der Waals surface area contributed by atoms with Crippen molar-refractivity contribution in [3.8, 4) is 22.3 Å². The SMILES string of the molecule is Cc1ccc(C)c(N(c2ccccc2)c2ccc3c(c2)c2cccc4c5c(-c6ccccc6)c6c(c(-c7ccccc7)c5n3c24)c2cccc3c4cc(N(c5ccccc5)c5cc(C)ccc5C)ccc4n6c32)c1. The largest absolute Gasteiger partial charge is 0.310 e. The lowest BCUT2D eigenvalue weighted by Gasteiger charge is -2.27. The van der Waals surface area contributed by atoms with Crippen LogP contribution in [-0.2, 0) is 0 Å². The van der Waals surface area contributed by atoms with Gasteiger partial charge in [0, 0.05) is 88.3 Å². The third-order valence-electron chi connectivity index (χ3n) is 15.9. The number of benzene rings is 11. The van der Waals surface area contributed by atoms with Crippen LogP contribution in [0.5, 0.6) is 0 Å². The Bertz CT molecular complexity index is 4380. The molecule has 4 aromatic heterocycles. The molecule has 0 saturated heterocycles. The van der Waals surface area contributed by atoms with E-state index in [0.29, 0.717) is 0 Å². The van der Waals surface area contributed by atoms with Crippen LogP contribution in [0, 0.1) is 27.7 Å². The predicted molar refractivity (Wildman–Crippen MR) is 315 cm³/mol. The average Bonchev–Trinajstić information content (AvgIpc) is 4.20.